The molecule has 0 saturated carbocycles. The molecular weight excluding hydrogens is 378 g/mol. The molecule has 3 aromatic rings. The van der Waals surface area contributed by atoms with E-state index in [0.717, 1.165) is 55.3 Å². The van der Waals surface area contributed by atoms with E-state index in [1.54, 1.807) is 12.4 Å². The lowest BCUT2D eigenvalue weighted by Gasteiger charge is -2.26. The van der Waals surface area contributed by atoms with Crippen LogP contribution in [-0.2, 0) is 4.74 Å². The number of hydrogen-bond acceptors (Lipinski definition) is 7. The van der Waals surface area contributed by atoms with Gasteiger partial charge in [0.15, 0.2) is 0 Å². The smallest absolute Gasteiger partial charge is 0.142 e. The fraction of sp³-hybridized carbons (Fsp3) is 0.261. The second kappa shape index (κ2) is 9.35. The van der Waals surface area contributed by atoms with Gasteiger partial charge in [-0.25, -0.2) is 4.98 Å². The van der Waals surface area contributed by atoms with Gasteiger partial charge < -0.3 is 15.2 Å². The zero-order valence-electron chi connectivity index (χ0n) is 16.6. The van der Waals surface area contributed by atoms with Crippen LogP contribution in [0.15, 0.2) is 54.9 Å². The van der Waals surface area contributed by atoms with E-state index < -0.39 is 0 Å². The maximum absolute atomic E-state index is 9.60. The Morgan fingerprint density at radius 3 is 2.63 bits per heavy atom. The Morgan fingerprint density at radius 1 is 1.13 bits per heavy atom. The van der Waals surface area contributed by atoms with Gasteiger partial charge in [0.2, 0.25) is 0 Å². The Morgan fingerprint density at radius 2 is 1.93 bits per heavy atom. The highest BCUT2D eigenvalue weighted by molar-refractivity contribution is 5.80. The fourth-order valence-electron chi connectivity index (χ4n) is 3.42. The van der Waals surface area contributed by atoms with Gasteiger partial charge >= 0.3 is 0 Å². The topological polar surface area (TPSA) is 97.3 Å². The Hall–Kier alpha value is -3.47. The third kappa shape index (κ3) is 4.57. The van der Waals surface area contributed by atoms with Crippen molar-refractivity contribution >= 4 is 5.82 Å². The minimum absolute atomic E-state index is 0.208. The summed E-state index contributed by atoms with van der Waals surface area (Å²) in [4.78, 5) is 10.8. The van der Waals surface area contributed by atoms with Crippen molar-refractivity contribution in [2.75, 3.05) is 45.2 Å². The Labute approximate surface area is 175 Å². The zero-order valence-corrected chi connectivity index (χ0v) is 16.6. The summed E-state index contributed by atoms with van der Waals surface area (Å²) >= 11 is 0. The van der Waals surface area contributed by atoms with Gasteiger partial charge in [0, 0.05) is 43.2 Å². The SMILES string of the molecule is N#Cc1c(-c2ccc(OCCN3CCOCC3)cc2)cc(-c2cccnc2)nc1N. The molecule has 152 valence electrons. The molecule has 30 heavy (non-hydrogen) atoms. The fourth-order valence-corrected chi connectivity index (χ4v) is 3.42. The third-order valence-electron chi connectivity index (χ3n) is 5.06. The second-order valence-electron chi connectivity index (χ2n) is 7.00. The van der Waals surface area contributed by atoms with Gasteiger partial charge in [-0.2, -0.15) is 5.26 Å². The highest BCUT2D eigenvalue weighted by atomic mass is 16.5. The van der Waals surface area contributed by atoms with Crippen molar-refractivity contribution in [2.24, 2.45) is 0 Å². The lowest BCUT2D eigenvalue weighted by atomic mass is 9.99. The molecular formula is C23H23N5O2. The van der Waals surface area contributed by atoms with Gasteiger partial charge in [-0.05, 0) is 35.9 Å². The van der Waals surface area contributed by atoms with Crippen LogP contribution < -0.4 is 10.5 Å². The first kappa shape index (κ1) is 19.8. The number of benzene rings is 1. The number of rotatable bonds is 6. The highest BCUT2D eigenvalue weighted by Crippen LogP contribution is 2.31. The largest absolute Gasteiger partial charge is 0.492 e. The van der Waals surface area contributed by atoms with E-state index in [0.29, 0.717) is 17.9 Å². The Kier molecular flexibility index (Phi) is 6.18. The standard InChI is InChI=1S/C23H23N5O2/c24-15-21-20(14-22(27-23(21)25)18-2-1-7-26-16-18)17-3-5-19(6-4-17)30-13-10-28-8-11-29-12-9-28/h1-7,14,16H,8-13H2,(H2,25,27). The van der Waals surface area contributed by atoms with E-state index in [-0.39, 0.29) is 5.82 Å². The van der Waals surface area contributed by atoms with E-state index in [4.69, 9.17) is 15.2 Å². The molecule has 7 heteroatoms. The summed E-state index contributed by atoms with van der Waals surface area (Å²) < 4.78 is 11.2. The van der Waals surface area contributed by atoms with Crippen LogP contribution >= 0.6 is 0 Å². The van der Waals surface area contributed by atoms with E-state index in [1.165, 1.54) is 0 Å². The first-order chi connectivity index (χ1) is 14.7. The quantitative estimate of drug-likeness (QED) is 0.678. The predicted octanol–water partition coefficient (Wildman–Crippen LogP) is 2.98. The molecule has 3 heterocycles. The van der Waals surface area contributed by atoms with Crippen molar-refractivity contribution in [1.29, 1.82) is 5.26 Å². The number of ether oxygens (including phenoxy) is 2. The molecule has 1 aliphatic rings. The van der Waals surface area contributed by atoms with E-state index in [1.807, 2.05) is 42.5 Å². The van der Waals surface area contributed by atoms with Crippen molar-refractivity contribution in [3.05, 3.63) is 60.4 Å². The highest BCUT2D eigenvalue weighted by Gasteiger charge is 2.14. The average Bonchev–Trinajstić information content (AvgIpc) is 2.80. The van der Waals surface area contributed by atoms with Gasteiger partial charge in [-0.3, -0.25) is 9.88 Å². The first-order valence-corrected chi connectivity index (χ1v) is 9.89. The second-order valence-corrected chi connectivity index (χ2v) is 7.00. The molecule has 0 unspecified atom stereocenters. The lowest BCUT2D eigenvalue weighted by molar-refractivity contribution is 0.0322. The molecule has 0 atom stereocenters. The third-order valence-corrected chi connectivity index (χ3v) is 5.06. The number of nitrogen functional groups attached to an aromatic ring is 1. The number of hydrogen-bond donors (Lipinski definition) is 1. The molecule has 1 aromatic carbocycles. The Bertz CT molecular complexity index is 1030. The minimum Gasteiger partial charge on any atom is -0.492 e. The van der Waals surface area contributed by atoms with Gasteiger partial charge in [-0.15, -0.1) is 0 Å². The maximum atomic E-state index is 9.60. The number of nitrogens with zero attached hydrogens (tertiary/aromatic N) is 4. The summed E-state index contributed by atoms with van der Waals surface area (Å²) in [5.41, 5.74) is 9.59. The van der Waals surface area contributed by atoms with E-state index >= 15 is 0 Å². The van der Waals surface area contributed by atoms with Gasteiger partial charge in [0.1, 0.15) is 29.8 Å². The predicted molar refractivity (Wildman–Crippen MR) is 115 cm³/mol. The van der Waals surface area contributed by atoms with Crippen molar-refractivity contribution in [3.63, 3.8) is 0 Å². The zero-order chi connectivity index (χ0) is 20.8. The first-order valence-electron chi connectivity index (χ1n) is 9.89. The lowest BCUT2D eigenvalue weighted by Crippen LogP contribution is -2.38. The van der Waals surface area contributed by atoms with E-state index in [2.05, 4.69) is 20.9 Å². The molecule has 7 nitrogen and oxygen atoms in total. The van der Waals surface area contributed by atoms with Crippen LogP contribution in [0.25, 0.3) is 22.4 Å². The molecule has 2 N–H and O–H groups in total. The normalized spacial score (nSPS) is 14.2. The summed E-state index contributed by atoms with van der Waals surface area (Å²) in [6, 6.07) is 15.5. The molecule has 4 rings (SSSR count). The van der Waals surface area contributed by atoms with Gasteiger partial charge in [-0.1, -0.05) is 12.1 Å². The number of pyridine rings is 2. The summed E-state index contributed by atoms with van der Waals surface area (Å²) in [5.74, 6) is 1.000. The minimum atomic E-state index is 0.208. The molecule has 1 aliphatic heterocycles. The van der Waals surface area contributed by atoms with E-state index in [9.17, 15) is 5.26 Å². The molecule has 1 fully saturated rings. The summed E-state index contributed by atoms with van der Waals surface area (Å²) in [6.45, 7) is 4.96. The molecule has 0 bridgehead atoms. The number of morpholine rings is 1. The van der Waals surface area contributed by atoms with Crippen LogP contribution in [0.1, 0.15) is 5.56 Å². The van der Waals surface area contributed by atoms with Crippen LogP contribution in [0, 0.1) is 11.3 Å². The van der Waals surface area contributed by atoms with Crippen LogP contribution in [0.2, 0.25) is 0 Å². The van der Waals surface area contributed by atoms with Crippen molar-refractivity contribution in [3.8, 4) is 34.2 Å². The maximum Gasteiger partial charge on any atom is 0.142 e. The van der Waals surface area contributed by atoms with Crippen molar-refractivity contribution in [2.45, 2.75) is 0 Å². The monoisotopic (exact) mass is 401 g/mol. The average molecular weight is 401 g/mol. The number of aromatic nitrogens is 2. The van der Waals surface area contributed by atoms with Gasteiger partial charge in [0.25, 0.3) is 0 Å². The summed E-state index contributed by atoms with van der Waals surface area (Å²) in [7, 11) is 0. The van der Waals surface area contributed by atoms with Crippen LogP contribution in [0.4, 0.5) is 5.82 Å². The summed E-state index contributed by atoms with van der Waals surface area (Å²) in [5, 5.41) is 9.60. The van der Waals surface area contributed by atoms with Crippen molar-refractivity contribution < 1.29 is 9.47 Å². The molecule has 1 saturated heterocycles. The Balaban J connectivity index is 1.51. The molecule has 2 aromatic heterocycles. The molecule has 0 spiro atoms. The van der Waals surface area contributed by atoms with Crippen LogP contribution in [-0.4, -0.2) is 54.3 Å². The molecule has 0 amide bonds. The van der Waals surface area contributed by atoms with Crippen LogP contribution in [0.5, 0.6) is 5.75 Å². The van der Waals surface area contributed by atoms with Gasteiger partial charge in [0.05, 0.1) is 18.9 Å². The molecule has 0 radical (unpaired) electrons. The molecule has 0 aliphatic carbocycles. The van der Waals surface area contributed by atoms with Crippen LogP contribution in [0.3, 0.4) is 0 Å². The summed E-state index contributed by atoms with van der Waals surface area (Å²) in [6.07, 6.45) is 3.43. The van der Waals surface area contributed by atoms with Crippen molar-refractivity contribution in [1.82, 2.24) is 14.9 Å². The number of nitriles is 1. The number of anilines is 1. The number of nitrogens with two attached hydrogens (primary N) is 1.